The Morgan fingerprint density at radius 2 is 1.70 bits per heavy atom. The molecule has 134 valence electrons. The van der Waals surface area contributed by atoms with E-state index in [9.17, 15) is 4.79 Å². The number of hydrogen-bond donors (Lipinski definition) is 0. The molecule has 0 amide bonds. The van der Waals surface area contributed by atoms with Gasteiger partial charge >= 0.3 is 5.97 Å². The van der Waals surface area contributed by atoms with Crippen molar-refractivity contribution in [2.75, 3.05) is 0 Å². The molecule has 4 nitrogen and oxygen atoms in total. The van der Waals surface area contributed by atoms with Gasteiger partial charge in [-0.15, -0.1) is 0 Å². The van der Waals surface area contributed by atoms with Crippen LogP contribution < -0.4 is 0 Å². The lowest BCUT2D eigenvalue weighted by Gasteiger charge is -2.09. The van der Waals surface area contributed by atoms with E-state index < -0.39 is 5.97 Å². The molecular weight excluding hydrogens is 356 g/mol. The fraction of sp³-hybridized carbons (Fsp3) is 0.136. The first-order chi connectivity index (χ1) is 13.0. The highest BCUT2D eigenvalue weighted by Gasteiger charge is 2.20. The van der Waals surface area contributed by atoms with Crippen LogP contribution in [0.25, 0.3) is 17.0 Å². The normalized spacial score (nSPS) is 15.3. The second kappa shape index (κ2) is 7.00. The Balaban J connectivity index is 1.84. The van der Waals surface area contributed by atoms with Gasteiger partial charge in [-0.2, -0.15) is 0 Å². The maximum Gasteiger partial charge on any atom is 0.363 e. The monoisotopic (exact) mass is 374 g/mol. The first-order valence-corrected chi connectivity index (χ1v) is 9.45. The second-order valence-corrected chi connectivity index (χ2v) is 7.61. The minimum Gasteiger partial charge on any atom is -0.407 e. The highest BCUT2D eigenvalue weighted by molar-refractivity contribution is 7.99. The van der Waals surface area contributed by atoms with Crippen LogP contribution in [-0.4, -0.2) is 16.9 Å². The van der Waals surface area contributed by atoms with E-state index in [1.165, 1.54) is 5.56 Å². The van der Waals surface area contributed by atoms with Crippen LogP contribution in [0.2, 0.25) is 0 Å². The summed E-state index contributed by atoms with van der Waals surface area (Å²) in [6.45, 7) is 5.78. The van der Waals surface area contributed by atoms with Gasteiger partial charge < -0.3 is 4.74 Å². The molecular formula is C22H18N2O2S. The van der Waals surface area contributed by atoms with E-state index in [1.54, 1.807) is 24.8 Å². The maximum atomic E-state index is 12.0. The van der Waals surface area contributed by atoms with Gasteiger partial charge in [0, 0.05) is 22.8 Å². The Hall–Kier alpha value is -2.92. The van der Waals surface area contributed by atoms with E-state index in [-0.39, 0.29) is 0 Å². The van der Waals surface area contributed by atoms with Crippen molar-refractivity contribution in [1.82, 2.24) is 4.98 Å². The van der Waals surface area contributed by atoms with E-state index in [1.807, 2.05) is 12.1 Å². The summed E-state index contributed by atoms with van der Waals surface area (Å²) in [5.74, 6) is -0.0638. The number of nitrogens with zero attached hydrogens (tertiary/aromatic N) is 2. The minimum absolute atomic E-state index is 0.298. The van der Waals surface area contributed by atoms with E-state index in [4.69, 9.17) is 9.72 Å². The fourth-order valence-corrected chi connectivity index (χ4v) is 3.72. The van der Waals surface area contributed by atoms with Crippen LogP contribution in [-0.2, 0) is 9.53 Å². The van der Waals surface area contributed by atoms with Crippen molar-refractivity contribution >= 4 is 40.6 Å². The van der Waals surface area contributed by atoms with Gasteiger partial charge in [0.1, 0.15) is 5.03 Å². The van der Waals surface area contributed by atoms with Crippen molar-refractivity contribution in [1.29, 1.82) is 0 Å². The molecule has 0 aliphatic carbocycles. The van der Waals surface area contributed by atoms with Crippen LogP contribution >= 0.6 is 11.8 Å². The number of carbonyl (C=O) groups excluding carboxylic acids is 1. The average Bonchev–Trinajstić information content (AvgIpc) is 2.94. The summed E-state index contributed by atoms with van der Waals surface area (Å²) in [5.41, 5.74) is 4.45. The lowest BCUT2D eigenvalue weighted by molar-refractivity contribution is -0.130. The predicted molar refractivity (Wildman–Crippen MR) is 109 cm³/mol. The Morgan fingerprint density at radius 3 is 2.41 bits per heavy atom. The molecule has 27 heavy (non-hydrogen) atoms. The molecule has 0 saturated carbocycles. The summed E-state index contributed by atoms with van der Waals surface area (Å²) in [6, 6.07) is 16.5. The lowest BCUT2D eigenvalue weighted by atomic mass is 10.1. The topological polar surface area (TPSA) is 51.5 Å². The smallest absolute Gasteiger partial charge is 0.363 e. The standard InChI is InChI=1S/C22H18N2O2S/c1-13-5-8-18(9-6-13)27-21-17(12-20-22(25)26-15(3)23-20)11-16-7-4-14(2)10-19(16)24-21/h4-12H,1-3H3/b20-12+. The van der Waals surface area contributed by atoms with Crippen molar-refractivity contribution in [3.05, 3.63) is 70.9 Å². The third kappa shape index (κ3) is 3.78. The molecule has 0 N–H and O–H groups in total. The Labute approximate surface area is 162 Å². The summed E-state index contributed by atoms with van der Waals surface area (Å²) < 4.78 is 5.04. The third-order valence-corrected chi connectivity index (χ3v) is 5.25. The Bertz CT molecular complexity index is 1120. The lowest BCUT2D eigenvalue weighted by Crippen LogP contribution is -2.00. The van der Waals surface area contributed by atoms with Crippen molar-refractivity contribution in [2.24, 2.45) is 4.99 Å². The largest absolute Gasteiger partial charge is 0.407 e. The maximum absolute atomic E-state index is 12.0. The molecule has 0 fully saturated rings. The van der Waals surface area contributed by atoms with Crippen molar-refractivity contribution in [3.8, 4) is 0 Å². The highest BCUT2D eigenvalue weighted by Crippen LogP contribution is 2.33. The number of fused-ring (bicyclic) bond motifs is 1. The zero-order chi connectivity index (χ0) is 19.0. The number of carbonyl (C=O) groups is 1. The number of cyclic esters (lactones) is 1. The molecule has 3 aromatic rings. The number of rotatable bonds is 3. The van der Waals surface area contributed by atoms with Gasteiger partial charge in [0.15, 0.2) is 11.6 Å². The molecule has 0 radical (unpaired) electrons. The van der Waals surface area contributed by atoms with Crippen LogP contribution in [0.4, 0.5) is 0 Å². The van der Waals surface area contributed by atoms with E-state index in [0.717, 1.165) is 32.0 Å². The molecule has 4 rings (SSSR count). The van der Waals surface area contributed by atoms with Crippen LogP contribution in [0.3, 0.4) is 0 Å². The second-order valence-electron chi connectivity index (χ2n) is 6.54. The number of esters is 1. The molecule has 2 heterocycles. The molecule has 0 atom stereocenters. The molecule has 0 bridgehead atoms. The van der Waals surface area contributed by atoms with Gasteiger partial charge in [-0.1, -0.05) is 41.6 Å². The predicted octanol–water partition coefficient (Wildman–Crippen LogP) is 5.32. The van der Waals surface area contributed by atoms with Crippen molar-refractivity contribution in [3.63, 3.8) is 0 Å². The van der Waals surface area contributed by atoms with E-state index in [0.29, 0.717) is 11.6 Å². The number of ether oxygens (including phenoxy) is 1. The third-order valence-electron chi connectivity index (χ3n) is 4.22. The van der Waals surface area contributed by atoms with Gasteiger partial charge in [0.05, 0.1) is 5.52 Å². The number of aromatic nitrogens is 1. The quantitative estimate of drug-likeness (QED) is 0.460. The molecule has 1 aromatic heterocycles. The number of benzene rings is 2. The van der Waals surface area contributed by atoms with Gasteiger partial charge in [0.25, 0.3) is 0 Å². The van der Waals surface area contributed by atoms with Crippen molar-refractivity contribution in [2.45, 2.75) is 30.7 Å². The highest BCUT2D eigenvalue weighted by atomic mass is 32.2. The first-order valence-electron chi connectivity index (χ1n) is 8.63. The Morgan fingerprint density at radius 1 is 0.963 bits per heavy atom. The molecule has 1 aliphatic rings. The molecule has 2 aromatic carbocycles. The SMILES string of the molecule is CC1=N/C(=C/c2cc3ccc(C)cc3nc2Sc2ccc(C)cc2)C(=O)O1. The number of aryl methyl sites for hydroxylation is 2. The molecule has 5 heteroatoms. The van der Waals surface area contributed by atoms with E-state index in [2.05, 4.69) is 55.2 Å². The van der Waals surface area contributed by atoms with Crippen LogP contribution in [0.1, 0.15) is 23.6 Å². The number of aliphatic imine (C=N–C) groups is 1. The van der Waals surface area contributed by atoms with Crippen LogP contribution in [0.15, 0.2) is 69.1 Å². The summed E-state index contributed by atoms with van der Waals surface area (Å²) >= 11 is 1.57. The zero-order valence-corrected chi connectivity index (χ0v) is 16.1. The van der Waals surface area contributed by atoms with Crippen LogP contribution in [0.5, 0.6) is 0 Å². The fourth-order valence-electron chi connectivity index (χ4n) is 2.84. The summed E-state index contributed by atoms with van der Waals surface area (Å²) in [7, 11) is 0. The van der Waals surface area contributed by atoms with Gasteiger partial charge in [-0.3, -0.25) is 0 Å². The van der Waals surface area contributed by atoms with Gasteiger partial charge in [0.2, 0.25) is 0 Å². The summed E-state index contributed by atoms with van der Waals surface area (Å²) in [5, 5.41) is 1.85. The molecule has 1 aliphatic heterocycles. The molecule has 0 unspecified atom stereocenters. The van der Waals surface area contributed by atoms with Crippen molar-refractivity contribution < 1.29 is 9.53 Å². The molecule has 0 spiro atoms. The van der Waals surface area contributed by atoms with Crippen LogP contribution in [0, 0.1) is 13.8 Å². The number of hydrogen-bond acceptors (Lipinski definition) is 5. The first kappa shape index (κ1) is 17.5. The number of pyridine rings is 1. The van der Waals surface area contributed by atoms with E-state index >= 15 is 0 Å². The average molecular weight is 374 g/mol. The van der Waals surface area contributed by atoms with Gasteiger partial charge in [-0.05, 0) is 49.8 Å². The Kier molecular flexibility index (Phi) is 4.54. The summed E-state index contributed by atoms with van der Waals surface area (Å²) in [6.07, 6.45) is 1.75. The minimum atomic E-state index is -0.428. The zero-order valence-electron chi connectivity index (χ0n) is 15.3. The summed E-state index contributed by atoms with van der Waals surface area (Å²) in [4.78, 5) is 22.1. The van der Waals surface area contributed by atoms with Gasteiger partial charge in [-0.25, -0.2) is 14.8 Å². The molecule has 0 saturated heterocycles.